The Labute approximate surface area is 126 Å². The molecule has 0 aliphatic carbocycles. The molecule has 20 heavy (non-hydrogen) atoms. The first-order valence-electron chi connectivity index (χ1n) is 6.45. The van der Waals surface area contributed by atoms with Gasteiger partial charge in [0.2, 0.25) is 0 Å². The first-order valence-corrected chi connectivity index (χ1v) is 7.24. The molecule has 1 rings (SSSR count). The molecule has 3 N–H and O–H groups in total. The third kappa shape index (κ3) is 4.52. The zero-order valence-electron chi connectivity index (χ0n) is 11.7. The summed E-state index contributed by atoms with van der Waals surface area (Å²) in [5.74, 6) is -0.672. The number of carbonyl (C=O) groups excluding carboxylic acids is 1. The summed E-state index contributed by atoms with van der Waals surface area (Å²) in [7, 11) is 0. The molecule has 0 saturated carbocycles. The zero-order chi connectivity index (χ0) is 15.3. The average Bonchev–Trinajstić information content (AvgIpc) is 2.39. The van der Waals surface area contributed by atoms with Crippen LogP contribution in [-0.4, -0.2) is 23.1 Å². The molecule has 6 heteroatoms. The summed E-state index contributed by atoms with van der Waals surface area (Å²) in [5.41, 5.74) is 0.553. The number of carbonyl (C=O) groups is 2. The van der Waals surface area contributed by atoms with E-state index >= 15 is 0 Å². The number of hydrogen-bond acceptors (Lipinski definition) is 2. The van der Waals surface area contributed by atoms with Gasteiger partial charge in [0, 0.05) is 16.2 Å². The smallest absolute Gasteiger partial charge is 0.336 e. The predicted molar refractivity (Wildman–Crippen MR) is 82.2 cm³/mol. The van der Waals surface area contributed by atoms with Gasteiger partial charge in [-0.15, -0.1) is 0 Å². The van der Waals surface area contributed by atoms with E-state index in [1.54, 1.807) is 12.1 Å². The largest absolute Gasteiger partial charge is 0.478 e. The molecule has 2 amide bonds. The predicted octanol–water partition coefficient (Wildman–Crippen LogP) is 3.70. The zero-order valence-corrected chi connectivity index (χ0v) is 13.3. The van der Waals surface area contributed by atoms with E-state index in [-0.39, 0.29) is 17.6 Å². The van der Waals surface area contributed by atoms with Crippen molar-refractivity contribution >= 4 is 33.6 Å². The second-order valence-electron chi connectivity index (χ2n) is 4.77. The highest BCUT2D eigenvalue weighted by Crippen LogP contribution is 2.21. The van der Waals surface area contributed by atoms with Gasteiger partial charge in [-0.05, 0) is 47.0 Å². The number of rotatable bonds is 5. The molecule has 5 nitrogen and oxygen atoms in total. The lowest BCUT2D eigenvalue weighted by molar-refractivity contribution is 0.0696. The Hall–Kier alpha value is -1.56. The third-order valence-corrected chi connectivity index (χ3v) is 4.00. The highest BCUT2D eigenvalue weighted by Gasteiger charge is 2.14. The van der Waals surface area contributed by atoms with Crippen molar-refractivity contribution in [3.05, 3.63) is 28.2 Å². The topological polar surface area (TPSA) is 78.4 Å². The first-order chi connectivity index (χ1) is 9.35. The van der Waals surface area contributed by atoms with Gasteiger partial charge in [0.05, 0.1) is 5.56 Å². The van der Waals surface area contributed by atoms with Crippen LogP contribution in [0.1, 0.15) is 37.6 Å². The lowest BCUT2D eigenvalue weighted by Gasteiger charge is -2.20. The minimum Gasteiger partial charge on any atom is -0.478 e. The van der Waals surface area contributed by atoms with E-state index in [0.717, 1.165) is 6.42 Å². The van der Waals surface area contributed by atoms with Gasteiger partial charge in [-0.3, -0.25) is 0 Å². The standard InChI is InChI=1S/C14H19BrN2O3/c1-4-8(2)9(3)16-14(20)17-10-5-6-12(15)11(7-10)13(18)19/h5-9H,4H2,1-3H3,(H,18,19)(H2,16,17,20). The van der Waals surface area contributed by atoms with E-state index in [2.05, 4.69) is 40.4 Å². The van der Waals surface area contributed by atoms with Crippen LogP contribution in [0.3, 0.4) is 0 Å². The molecule has 0 bridgehead atoms. The van der Waals surface area contributed by atoms with Gasteiger partial charge in [0.1, 0.15) is 0 Å². The number of hydrogen-bond donors (Lipinski definition) is 3. The molecule has 110 valence electrons. The number of urea groups is 1. The number of halogens is 1. The molecule has 0 aromatic heterocycles. The van der Waals surface area contributed by atoms with Gasteiger partial charge < -0.3 is 15.7 Å². The van der Waals surface area contributed by atoms with Crippen LogP contribution >= 0.6 is 15.9 Å². The summed E-state index contributed by atoms with van der Waals surface area (Å²) in [6.07, 6.45) is 0.975. The van der Waals surface area contributed by atoms with Gasteiger partial charge in [-0.1, -0.05) is 20.3 Å². The maximum atomic E-state index is 11.8. The summed E-state index contributed by atoms with van der Waals surface area (Å²) < 4.78 is 0.476. The van der Waals surface area contributed by atoms with Gasteiger partial charge in [0.25, 0.3) is 0 Å². The molecule has 0 heterocycles. The van der Waals surface area contributed by atoms with Crippen molar-refractivity contribution in [1.82, 2.24) is 5.32 Å². The summed E-state index contributed by atoms with van der Waals surface area (Å²) in [6, 6.07) is 4.37. The Morgan fingerprint density at radius 3 is 2.55 bits per heavy atom. The Kier molecular flexibility index (Phi) is 6.01. The molecule has 0 radical (unpaired) electrons. The third-order valence-electron chi connectivity index (χ3n) is 3.31. The molecule has 0 spiro atoms. The molecule has 2 atom stereocenters. The minimum absolute atomic E-state index is 0.0504. The van der Waals surface area contributed by atoms with Gasteiger partial charge in [-0.25, -0.2) is 9.59 Å². The summed E-state index contributed by atoms with van der Waals surface area (Å²) in [4.78, 5) is 22.8. The van der Waals surface area contributed by atoms with Gasteiger partial charge >= 0.3 is 12.0 Å². The van der Waals surface area contributed by atoms with E-state index in [0.29, 0.717) is 16.1 Å². The van der Waals surface area contributed by atoms with E-state index in [9.17, 15) is 9.59 Å². The van der Waals surface area contributed by atoms with Gasteiger partial charge in [0.15, 0.2) is 0 Å². The molecule has 1 aromatic carbocycles. The van der Waals surface area contributed by atoms with Crippen LogP contribution in [0.2, 0.25) is 0 Å². The molecule has 1 aromatic rings. The fourth-order valence-corrected chi connectivity index (χ4v) is 2.05. The Morgan fingerprint density at radius 2 is 2.00 bits per heavy atom. The second kappa shape index (κ2) is 7.28. The maximum absolute atomic E-state index is 11.8. The Bertz CT molecular complexity index is 505. The Balaban J connectivity index is 2.71. The van der Waals surface area contributed by atoms with Gasteiger partial charge in [-0.2, -0.15) is 0 Å². The molecule has 0 aliphatic rings. The van der Waals surface area contributed by atoms with Crippen molar-refractivity contribution in [2.45, 2.75) is 33.2 Å². The lowest BCUT2D eigenvalue weighted by atomic mass is 10.0. The minimum atomic E-state index is -1.05. The number of nitrogens with one attached hydrogen (secondary N) is 2. The lowest BCUT2D eigenvalue weighted by Crippen LogP contribution is -2.39. The fourth-order valence-electron chi connectivity index (χ4n) is 1.64. The molecular formula is C14H19BrN2O3. The number of aromatic carboxylic acids is 1. The van der Waals surface area contributed by atoms with Crippen molar-refractivity contribution in [1.29, 1.82) is 0 Å². The monoisotopic (exact) mass is 342 g/mol. The number of carboxylic acids is 1. The number of amides is 2. The molecule has 0 fully saturated rings. The molecular weight excluding hydrogens is 324 g/mol. The fraction of sp³-hybridized carbons (Fsp3) is 0.429. The maximum Gasteiger partial charge on any atom is 0.336 e. The van der Waals surface area contributed by atoms with Crippen LogP contribution in [0, 0.1) is 5.92 Å². The average molecular weight is 343 g/mol. The van der Waals surface area contributed by atoms with Crippen LogP contribution in [0.25, 0.3) is 0 Å². The van der Waals surface area contributed by atoms with Crippen LogP contribution in [-0.2, 0) is 0 Å². The van der Waals surface area contributed by atoms with Crippen molar-refractivity contribution in [3.8, 4) is 0 Å². The van der Waals surface area contributed by atoms with Crippen molar-refractivity contribution < 1.29 is 14.7 Å². The number of anilines is 1. The quantitative estimate of drug-likeness (QED) is 0.763. The number of carboxylic acid groups (broad SMARTS) is 1. The first kappa shape index (κ1) is 16.5. The van der Waals surface area contributed by atoms with Crippen LogP contribution < -0.4 is 10.6 Å². The van der Waals surface area contributed by atoms with E-state index in [1.807, 2.05) is 6.92 Å². The van der Waals surface area contributed by atoms with E-state index in [4.69, 9.17) is 5.11 Å². The summed E-state index contributed by atoms with van der Waals surface area (Å²) in [5, 5.41) is 14.5. The SMILES string of the molecule is CCC(C)C(C)NC(=O)Nc1ccc(Br)c(C(=O)O)c1. The van der Waals surface area contributed by atoms with Crippen LogP contribution in [0.15, 0.2) is 22.7 Å². The molecule has 2 unspecified atom stereocenters. The highest BCUT2D eigenvalue weighted by molar-refractivity contribution is 9.10. The van der Waals surface area contributed by atoms with Crippen molar-refractivity contribution in [3.63, 3.8) is 0 Å². The van der Waals surface area contributed by atoms with Crippen LogP contribution in [0.4, 0.5) is 10.5 Å². The van der Waals surface area contributed by atoms with Crippen molar-refractivity contribution in [2.75, 3.05) is 5.32 Å². The molecule has 0 aliphatic heterocycles. The summed E-state index contributed by atoms with van der Waals surface area (Å²) in [6.45, 7) is 6.07. The number of benzene rings is 1. The normalized spacial score (nSPS) is 13.4. The Morgan fingerprint density at radius 1 is 1.35 bits per heavy atom. The van der Waals surface area contributed by atoms with E-state index in [1.165, 1.54) is 6.07 Å². The highest BCUT2D eigenvalue weighted by atomic mass is 79.9. The van der Waals surface area contributed by atoms with Crippen molar-refractivity contribution in [2.24, 2.45) is 5.92 Å². The van der Waals surface area contributed by atoms with Crippen LogP contribution in [0.5, 0.6) is 0 Å². The molecule has 0 saturated heterocycles. The summed E-state index contributed by atoms with van der Waals surface area (Å²) >= 11 is 3.16. The van der Waals surface area contributed by atoms with E-state index < -0.39 is 5.97 Å². The second-order valence-corrected chi connectivity index (χ2v) is 5.63.